The summed E-state index contributed by atoms with van der Waals surface area (Å²) in [5, 5.41) is 14.3. The van der Waals surface area contributed by atoms with Crippen LogP contribution in [-0.4, -0.2) is 23.8 Å². The Balaban J connectivity index is 2.38. The molecule has 1 saturated heterocycles. The van der Waals surface area contributed by atoms with Gasteiger partial charge in [0.2, 0.25) is 5.79 Å². The third-order valence-electron chi connectivity index (χ3n) is 3.59. The van der Waals surface area contributed by atoms with Gasteiger partial charge in [-0.3, -0.25) is 0 Å². The first-order valence-corrected chi connectivity index (χ1v) is 6.29. The van der Waals surface area contributed by atoms with Crippen molar-refractivity contribution in [1.29, 1.82) is 0 Å². The standard InChI is InChI=1S/C14H21NO2/c1-3-9-13(2)14(16,17-11-10-15-13)12-7-5-4-6-8-12/h4-8,15-16H,3,9-11H2,1-2H3/t13-,14-/m0/s1. The van der Waals surface area contributed by atoms with Crippen molar-refractivity contribution in [3.05, 3.63) is 35.9 Å². The van der Waals surface area contributed by atoms with Gasteiger partial charge in [-0.25, -0.2) is 0 Å². The Labute approximate surface area is 103 Å². The molecule has 2 N–H and O–H groups in total. The molecule has 3 heteroatoms. The summed E-state index contributed by atoms with van der Waals surface area (Å²) in [4.78, 5) is 0. The van der Waals surface area contributed by atoms with Gasteiger partial charge < -0.3 is 15.2 Å². The first-order chi connectivity index (χ1) is 8.12. The van der Waals surface area contributed by atoms with Gasteiger partial charge in [0.05, 0.1) is 12.1 Å². The molecular formula is C14H21NO2. The van der Waals surface area contributed by atoms with Gasteiger partial charge in [0, 0.05) is 12.1 Å². The lowest BCUT2D eigenvalue weighted by Gasteiger charge is -2.48. The second-order valence-electron chi connectivity index (χ2n) is 4.87. The minimum Gasteiger partial charge on any atom is -0.360 e. The molecular weight excluding hydrogens is 214 g/mol. The third-order valence-corrected chi connectivity index (χ3v) is 3.59. The van der Waals surface area contributed by atoms with Crippen molar-refractivity contribution in [1.82, 2.24) is 5.32 Å². The molecule has 1 aromatic rings. The molecule has 1 aliphatic heterocycles. The fourth-order valence-corrected chi connectivity index (χ4v) is 2.63. The highest BCUT2D eigenvalue weighted by atomic mass is 16.6. The van der Waals surface area contributed by atoms with E-state index in [-0.39, 0.29) is 0 Å². The topological polar surface area (TPSA) is 41.5 Å². The Kier molecular flexibility index (Phi) is 3.52. The van der Waals surface area contributed by atoms with Crippen molar-refractivity contribution in [3.8, 4) is 0 Å². The van der Waals surface area contributed by atoms with E-state index >= 15 is 0 Å². The molecule has 0 aliphatic carbocycles. The Hall–Kier alpha value is -0.900. The maximum absolute atomic E-state index is 10.9. The van der Waals surface area contributed by atoms with E-state index in [1.165, 1.54) is 0 Å². The van der Waals surface area contributed by atoms with Gasteiger partial charge >= 0.3 is 0 Å². The van der Waals surface area contributed by atoms with Crippen LogP contribution in [0.2, 0.25) is 0 Å². The molecule has 0 spiro atoms. The van der Waals surface area contributed by atoms with E-state index in [9.17, 15) is 5.11 Å². The van der Waals surface area contributed by atoms with Crippen LogP contribution in [-0.2, 0) is 10.5 Å². The quantitative estimate of drug-likeness (QED) is 0.842. The van der Waals surface area contributed by atoms with Crippen molar-refractivity contribution in [2.75, 3.05) is 13.2 Å². The average Bonchev–Trinajstić information content (AvgIpc) is 2.35. The molecule has 0 aromatic heterocycles. The highest BCUT2D eigenvalue weighted by Gasteiger charge is 2.50. The van der Waals surface area contributed by atoms with E-state index in [0.29, 0.717) is 6.61 Å². The number of benzene rings is 1. The molecule has 1 heterocycles. The summed E-state index contributed by atoms with van der Waals surface area (Å²) in [5.41, 5.74) is 0.393. The third kappa shape index (κ3) is 2.10. The molecule has 1 aliphatic rings. The van der Waals surface area contributed by atoms with Crippen molar-refractivity contribution in [3.63, 3.8) is 0 Å². The summed E-state index contributed by atoms with van der Waals surface area (Å²) >= 11 is 0. The summed E-state index contributed by atoms with van der Waals surface area (Å²) in [5.74, 6) is -1.23. The number of nitrogens with one attached hydrogen (secondary N) is 1. The zero-order valence-electron chi connectivity index (χ0n) is 10.6. The predicted octanol–water partition coefficient (Wildman–Crippen LogP) is 2.01. The second kappa shape index (κ2) is 4.77. The molecule has 0 unspecified atom stereocenters. The summed E-state index contributed by atoms with van der Waals surface area (Å²) < 4.78 is 5.71. The van der Waals surface area contributed by atoms with Gasteiger partial charge in [-0.15, -0.1) is 0 Å². The first-order valence-electron chi connectivity index (χ1n) is 6.29. The van der Waals surface area contributed by atoms with Gasteiger partial charge in [0.1, 0.15) is 0 Å². The van der Waals surface area contributed by atoms with Crippen molar-refractivity contribution >= 4 is 0 Å². The van der Waals surface area contributed by atoms with Crippen LogP contribution in [0.5, 0.6) is 0 Å². The lowest BCUT2D eigenvalue weighted by Crippen LogP contribution is -2.64. The molecule has 0 amide bonds. The molecule has 2 atom stereocenters. The summed E-state index contributed by atoms with van der Waals surface area (Å²) in [6.07, 6.45) is 1.88. The maximum atomic E-state index is 10.9. The number of hydrogen-bond donors (Lipinski definition) is 2. The first kappa shape index (κ1) is 12.6. The largest absolute Gasteiger partial charge is 0.360 e. The Morgan fingerprint density at radius 3 is 2.71 bits per heavy atom. The lowest BCUT2D eigenvalue weighted by atomic mass is 9.81. The number of rotatable bonds is 3. The van der Waals surface area contributed by atoms with Crippen molar-refractivity contribution in [2.45, 2.75) is 38.0 Å². The Morgan fingerprint density at radius 2 is 2.06 bits per heavy atom. The van der Waals surface area contributed by atoms with E-state index in [1.807, 2.05) is 37.3 Å². The molecule has 2 rings (SSSR count). The van der Waals surface area contributed by atoms with Crippen LogP contribution >= 0.6 is 0 Å². The van der Waals surface area contributed by atoms with Crippen molar-refractivity contribution in [2.24, 2.45) is 0 Å². The van der Waals surface area contributed by atoms with E-state index in [1.54, 1.807) is 0 Å². The molecule has 17 heavy (non-hydrogen) atoms. The minimum atomic E-state index is -1.23. The number of aliphatic hydroxyl groups is 1. The van der Waals surface area contributed by atoms with E-state index in [2.05, 4.69) is 12.2 Å². The molecule has 3 nitrogen and oxygen atoms in total. The van der Waals surface area contributed by atoms with Crippen LogP contribution in [0.4, 0.5) is 0 Å². The number of morpholine rings is 1. The molecule has 0 radical (unpaired) electrons. The predicted molar refractivity (Wildman–Crippen MR) is 67.6 cm³/mol. The van der Waals surface area contributed by atoms with Crippen LogP contribution in [0.1, 0.15) is 32.3 Å². The number of hydrogen-bond acceptors (Lipinski definition) is 3. The zero-order chi connectivity index (χ0) is 12.4. The molecule has 94 valence electrons. The average molecular weight is 235 g/mol. The lowest BCUT2D eigenvalue weighted by molar-refractivity contribution is -0.278. The highest BCUT2D eigenvalue weighted by molar-refractivity contribution is 5.25. The van der Waals surface area contributed by atoms with Crippen LogP contribution in [0.25, 0.3) is 0 Å². The van der Waals surface area contributed by atoms with E-state index < -0.39 is 11.3 Å². The van der Waals surface area contributed by atoms with Gasteiger partial charge in [0.25, 0.3) is 0 Å². The minimum absolute atomic E-state index is 0.429. The summed E-state index contributed by atoms with van der Waals surface area (Å²) in [6, 6.07) is 9.64. The normalized spacial score (nSPS) is 33.6. The highest BCUT2D eigenvalue weighted by Crippen LogP contribution is 2.39. The zero-order valence-corrected chi connectivity index (χ0v) is 10.6. The SMILES string of the molecule is CCC[C@]1(C)NCCO[C@@]1(O)c1ccccc1. The molecule has 1 fully saturated rings. The second-order valence-corrected chi connectivity index (χ2v) is 4.87. The monoisotopic (exact) mass is 235 g/mol. The molecule has 0 bridgehead atoms. The fourth-order valence-electron chi connectivity index (χ4n) is 2.63. The van der Waals surface area contributed by atoms with Crippen LogP contribution in [0.3, 0.4) is 0 Å². The smallest absolute Gasteiger partial charge is 0.211 e. The van der Waals surface area contributed by atoms with Crippen LogP contribution in [0.15, 0.2) is 30.3 Å². The fraction of sp³-hybridized carbons (Fsp3) is 0.571. The van der Waals surface area contributed by atoms with Crippen LogP contribution < -0.4 is 5.32 Å². The number of ether oxygens (including phenoxy) is 1. The Bertz CT molecular complexity index is 364. The Morgan fingerprint density at radius 1 is 1.35 bits per heavy atom. The summed E-state index contributed by atoms with van der Waals surface area (Å²) in [6.45, 7) is 5.46. The van der Waals surface area contributed by atoms with Gasteiger partial charge in [-0.05, 0) is 13.3 Å². The van der Waals surface area contributed by atoms with Gasteiger partial charge in [-0.2, -0.15) is 0 Å². The summed E-state index contributed by atoms with van der Waals surface area (Å²) in [7, 11) is 0. The van der Waals surface area contributed by atoms with Gasteiger partial charge in [0.15, 0.2) is 0 Å². The van der Waals surface area contributed by atoms with Crippen molar-refractivity contribution < 1.29 is 9.84 Å². The maximum Gasteiger partial charge on any atom is 0.211 e. The molecule has 1 aromatic carbocycles. The van der Waals surface area contributed by atoms with Crippen LogP contribution in [0, 0.1) is 0 Å². The van der Waals surface area contributed by atoms with E-state index in [0.717, 1.165) is 24.9 Å². The molecule has 0 saturated carbocycles. The van der Waals surface area contributed by atoms with Gasteiger partial charge in [-0.1, -0.05) is 43.7 Å². The van der Waals surface area contributed by atoms with E-state index in [4.69, 9.17) is 4.74 Å².